The average molecular weight is 158 g/mol. The maximum Gasteiger partial charge on any atom is 0.110 e. The molecular weight excluding hydrogens is 148 g/mol. The fourth-order valence-corrected chi connectivity index (χ4v) is 1.19. The lowest BCUT2D eigenvalue weighted by atomic mass is 10.1. The van der Waals surface area contributed by atoms with Crippen LogP contribution in [0, 0.1) is 6.92 Å². The third kappa shape index (κ3) is 1.28. The molecule has 0 aliphatic carbocycles. The van der Waals surface area contributed by atoms with Gasteiger partial charge in [-0.3, -0.25) is 4.99 Å². The first-order valence-corrected chi connectivity index (χ1v) is 3.98. The molecule has 1 aliphatic rings. The van der Waals surface area contributed by atoms with Crippen molar-refractivity contribution in [2.45, 2.75) is 6.92 Å². The predicted octanol–water partition coefficient (Wildman–Crippen LogP) is 1.83. The molecule has 1 heterocycles. The van der Waals surface area contributed by atoms with Crippen LogP contribution in [0.5, 0.6) is 0 Å². The average Bonchev–Trinajstić information content (AvgIpc) is 2.58. The summed E-state index contributed by atoms with van der Waals surface area (Å²) in [4.78, 5) is 8.20. The Morgan fingerprint density at radius 1 is 1.17 bits per heavy atom. The van der Waals surface area contributed by atoms with Crippen molar-refractivity contribution in [3.05, 3.63) is 35.4 Å². The van der Waals surface area contributed by atoms with Crippen LogP contribution in [0.25, 0.3) is 0 Å². The number of hydrogen-bond donors (Lipinski definition) is 0. The van der Waals surface area contributed by atoms with E-state index in [9.17, 15) is 0 Å². The van der Waals surface area contributed by atoms with Crippen LogP contribution in [0.4, 0.5) is 0 Å². The second-order valence-corrected chi connectivity index (χ2v) is 2.90. The van der Waals surface area contributed by atoms with Gasteiger partial charge in [0.05, 0.1) is 12.3 Å². The van der Waals surface area contributed by atoms with Crippen LogP contribution in [0.1, 0.15) is 11.1 Å². The molecule has 1 aromatic rings. The zero-order valence-electron chi connectivity index (χ0n) is 6.99. The van der Waals surface area contributed by atoms with Crippen molar-refractivity contribution in [1.82, 2.24) is 0 Å². The largest absolute Gasteiger partial charge is 0.267 e. The van der Waals surface area contributed by atoms with E-state index in [4.69, 9.17) is 0 Å². The van der Waals surface area contributed by atoms with Gasteiger partial charge in [-0.2, -0.15) is 0 Å². The number of benzene rings is 1. The SMILES string of the molecule is Cc1ccc(C2=NC=NC2)cc1. The van der Waals surface area contributed by atoms with Gasteiger partial charge < -0.3 is 0 Å². The Kier molecular flexibility index (Phi) is 1.74. The molecule has 2 heteroatoms. The molecule has 1 aliphatic heterocycles. The lowest BCUT2D eigenvalue weighted by Gasteiger charge is -1.98. The maximum atomic E-state index is 4.16. The fourth-order valence-electron chi connectivity index (χ4n) is 1.19. The van der Waals surface area contributed by atoms with Gasteiger partial charge in [0.1, 0.15) is 6.34 Å². The lowest BCUT2D eigenvalue weighted by Crippen LogP contribution is -2.00. The molecule has 0 spiro atoms. The molecule has 0 amide bonds. The first kappa shape index (κ1) is 7.22. The van der Waals surface area contributed by atoms with Gasteiger partial charge in [0, 0.05) is 0 Å². The number of nitrogens with zero attached hydrogens (tertiary/aromatic N) is 2. The first-order valence-electron chi connectivity index (χ1n) is 3.98. The standard InChI is InChI=1S/C10H10N2/c1-8-2-4-9(5-3-8)10-6-11-7-12-10/h2-5,7H,6H2,1H3. The minimum absolute atomic E-state index is 0.725. The molecule has 0 unspecified atom stereocenters. The zero-order valence-corrected chi connectivity index (χ0v) is 6.99. The van der Waals surface area contributed by atoms with E-state index >= 15 is 0 Å². The van der Waals surface area contributed by atoms with Crippen LogP contribution in [0.2, 0.25) is 0 Å². The number of rotatable bonds is 1. The fraction of sp³-hybridized carbons (Fsp3) is 0.200. The highest BCUT2D eigenvalue weighted by molar-refractivity contribution is 6.08. The third-order valence-corrected chi connectivity index (χ3v) is 1.92. The summed E-state index contributed by atoms with van der Waals surface area (Å²) in [6.45, 7) is 2.81. The summed E-state index contributed by atoms with van der Waals surface area (Å²) in [5, 5.41) is 0. The highest BCUT2D eigenvalue weighted by Gasteiger charge is 2.04. The monoisotopic (exact) mass is 158 g/mol. The van der Waals surface area contributed by atoms with Gasteiger partial charge in [0.2, 0.25) is 0 Å². The number of aryl methyl sites for hydroxylation is 1. The van der Waals surface area contributed by atoms with Crippen LogP contribution < -0.4 is 0 Å². The highest BCUT2D eigenvalue weighted by Crippen LogP contribution is 2.06. The van der Waals surface area contributed by atoms with Gasteiger partial charge in [-0.1, -0.05) is 29.8 Å². The van der Waals surface area contributed by atoms with Crippen molar-refractivity contribution in [3.8, 4) is 0 Å². The summed E-state index contributed by atoms with van der Waals surface area (Å²) in [7, 11) is 0. The molecular formula is C10H10N2. The summed E-state index contributed by atoms with van der Waals surface area (Å²) in [5.41, 5.74) is 3.52. The van der Waals surface area contributed by atoms with Crippen molar-refractivity contribution in [2.75, 3.05) is 6.54 Å². The van der Waals surface area contributed by atoms with E-state index in [2.05, 4.69) is 41.2 Å². The molecule has 0 saturated carbocycles. The van der Waals surface area contributed by atoms with Crippen molar-refractivity contribution in [2.24, 2.45) is 9.98 Å². The van der Waals surface area contributed by atoms with E-state index in [0.717, 1.165) is 12.3 Å². The van der Waals surface area contributed by atoms with E-state index in [0.29, 0.717) is 0 Å². The van der Waals surface area contributed by atoms with Crippen LogP contribution in [-0.2, 0) is 0 Å². The first-order chi connectivity index (χ1) is 5.86. The highest BCUT2D eigenvalue weighted by atomic mass is 14.9. The summed E-state index contributed by atoms with van der Waals surface area (Å²) in [6, 6.07) is 8.36. The van der Waals surface area contributed by atoms with Crippen molar-refractivity contribution < 1.29 is 0 Å². The molecule has 2 rings (SSSR count). The third-order valence-electron chi connectivity index (χ3n) is 1.92. The minimum atomic E-state index is 0.725. The Morgan fingerprint density at radius 3 is 2.50 bits per heavy atom. The molecule has 0 radical (unpaired) electrons. The summed E-state index contributed by atoms with van der Waals surface area (Å²) in [5.74, 6) is 0. The van der Waals surface area contributed by atoms with Gasteiger partial charge in [-0.15, -0.1) is 0 Å². The van der Waals surface area contributed by atoms with Crippen LogP contribution in [0.3, 0.4) is 0 Å². The Bertz CT molecular complexity index is 333. The molecule has 0 atom stereocenters. The Balaban J connectivity index is 2.30. The lowest BCUT2D eigenvalue weighted by molar-refractivity contribution is 1.34. The van der Waals surface area contributed by atoms with E-state index in [1.54, 1.807) is 6.34 Å². The minimum Gasteiger partial charge on any atom is -0.267 e. The van der Waals surface area contributed by atoms with Gasteiger partial charge in [-0.25, -0.2) is 4.99 Å². The van der Waals surface area contributed by atoms with Crippen molar-refractivity contribution >= 4 is 12.1 Å². The van der Waals surface area contributed by atoms with E-state index in [-0.39, 0.29) is 0 Å². The topological polar surface area (TPSA) is 24.7 Å². The second kappa shape index (κ2) is 2.89. The quantitative estimate of drug-likeness (QED) is 0.595. The van der Waals surface area contributed by atoms with Crippen molar-refractivity contribution in [3.63, 3.8) is 0 Å². The smallest absolute Gasteiger partial charge is 0.110 e. The zero-order chi connectivity index (χ0) is 8.39. The van der Waals surface area contributed by atoms with Crippen molar-refractivity contribution in [1.29, 1.82) is 0 Å². The van der Waals surface area contributed by atoms with Gasteiger partial charge in [-0.05, 0) is 12.5 Å². The molecule has 0 fully saturated rings. The van der Waals surface area contributed by atoms with Crippen LogP contribution >= 0.6 is 0 Å². The molecule has 12 heavy (non-hydrogen) atoms. The molecule has 0 aromatic heterocycles. The van der Waals surface area contributed by atoms with Gasteiger partial charge in [0.25, 0.3) is 0 Å². The second-order valence-electron chi connectivity index (χ2n) is 2.90. The normalized spacial score (nSPS) is 14.9. The van der Waals surface area contributed by atoms with E-state index in [1.165, 1.54) is 11.1 Å². The molecule has 1 aromatic carbocycles. The molecule has 0 N–H and O–H groups in total. The predicted molar refractivity (Wildman–Crippen MR) is 51.1 cm³/mol. The summed E-state index contributed by atoms with van der Waals surface area (Å²) >= 11 is 0. The Labute approximate surface area is 71.7 Å². The van der Waals surface area contributed by atoms with E-state index < -0.39 is 0 Å². The molecule has 0 bridgehead atoms. The van der Waals surface area contributed by atoms with Gasteiger partial charge in [0.15, 0.2) is 0 Å². The number of aliphatic imine (C=N–C) groups is 2. The maximum absolute atomic E-state index is 4.16. The van der Waals surface area contributed by atoms with Gasteiger partial charge >= 0.3 is 0 Å². The Hall–Kier alpha value is -1.44. The summed E-state index contributed by atoms with van der Waals surface area (Å²) < 4.78 is 0. The molecule has 0 saturated heterocycles. The molecule has 60 valence electrons. The number of hydrogen-bond acceptors (Lipinski definition) is 2. The molecule has 2 nitrogen and oxygen atoms in total. The van der Waals surface area contributed by atoms with Crippen LogP contribution in [-0.4, -0.2) is 18.6 Å². The van der Waals surface area contributed by atoms with Crippen LogP contribution in [0.15, 0.2) is 34.3 Å². The van der Waals surface area contributed by atoms with E-state index in [1.807, 2.05) is 0 Å². The summed E-state index contributed by atoms with van der Waals surface area (Å²) in [6.07, 6.45) is 1.62. The Morgan fingerprint density at radius 2 is 1.92 bits per heavy atom.